The number of halogens is 2. The molecule has 0 unspecified atom stereocenters. The maximum absolute atomic E-state index is 12.5. The van der Waals surface area contributed by atoms with Gasteiger partial charge in [0.05, 0.1) is 25.7 Å². The molecule has 1 fully saturated rings. The van der Waals surface area contributed by atoms with Crippen molar-refractivity contribution in [2.24, 2.45) is 0 Å². The Hall–Kier alpha value is -2.93. The van der Waals surface area contributed by atoms with Crippen LogP contribution in [0.5, 0.6) is 11.5 Å². The first kappa shape index (κ1) is 21.9. The fourth-order valence-corrected chi connectivity index (χ4v) is 4.08. The highest BCUT2D eigenvalue weighted by atomic mass is 35.5. The van der Waals surface area contributed by atoms with Crippen LogP contribution in [0.3, 0.4) is 0 Å². The number of likely N-dealkylation sites (tertiary alicyclic amines) is 1. The molecule has 0 aliphatic carbocycles. The quantitative estimate of drug-likeness (QED) is 0.516. The molecule has 3 aromatic rings. The maximum Gasteiger partial charge on any atom is 0.317 e. The lowest BCUT2D eigenvalue weighted by atomic mass is 10.0. The van der Waals surface area contributed by atoms with E-state index in [-0.39, 0.29) is 24.8 Å². The van der Waals surface area contributed by atoms with Gasteiger partial charge in [-0.15, -0.1) is 0 Å². The molecule has 0 spiro atoms. The standard InChI is InChI=1S/C25H22Cl2N2O4/c26-18-9-5-16(6-10-18)24(17-7-11-19(27)12-8-17)31-20-14-29(15-20)25(30)28-13-23-32-21-3-1-2-4-22(21)33-23/h1-12,20,23-24H,13-15H2,(H,28,30). The van der Waals surface area contributed by atoms with E-state index in [9.17, 15) is 4.79 Å². The van der Waals surface area contributed by atoms with Crippen LogP contribution in [0.25, 0.3) is 0 Å². The number of nitrogens with one attached hydrogen (secondary N) is 1. The van der Waals surface area contributed by atoms with Crippen molar-refractivity contribution in [1.29, 1.82) is 0 Å². The van der Waals surface area contributed by atoms with Crippen molar-refractivity contribution >= 4 is 29.2 Å². The van der Waals surface area contributed by atoms with Gasteiger partial charge >= 0.3 is 6.03 Å². The molecule has 1 saturated heterocycles. The van der Waals surface area contributed by atoms with Crippen LogP contribution in [0.15, 0.2) is 72.8 Å². The molecular weight excluding hydrogens is 463 g/mol. The second kappa shape index (κ2) is 9.51. The van der Waals surface area contributed by atoms with Gasteiger partial charge in [-0.3, -0.25) is 0 Å². The highest BCUT2D eigenvalue weighted by Crippen LogP contribution is 2.34. The average Bonchev–Trinajstić information content (AvgIpc) is 3.22. The summed E-state index contributed by atoms with van der Waals surface area (Å²) in [6.45, 7) is 1.25. The predicted molar refractivity (Wildman–Crippen MR) is 126 cm³/mol. The second-order valence-electron chi connectivity index (χ2n) is 7.94. The zero-order valence-corrected chi connectivity index (χ0v) is 19.1. The Morgan fingerprint density at radius 3 is 1.94 bits per heavy atom. The molecule has 0 saturated carbocycles. The number of amides is 2. The first-order valence-corrected chi connectivity index (χ1v) is 11.4. The smallest absolute Gasteiger partial charge is 0.317 e. The average molecular weight is 485 g/mol. The molecule has 170 valence electrons. The second-order valence-corrected chi connectivity index (χ2v) is 8.82. The minimum atomic E-state index is -0.529. The monoisotopic (exact) mass is 484 g/mol. The molecule has 33 heavy (non-hydrogen) atoms. The lowest BCUT2D eigenvalue weighted by Crippen LogP contribution is -2.58. The molecule has 2 heterocycles. The third kappa shape index (κ3) is 5.03. The van der Waals surface area contributed by atoms with Crippen molar-refractivity contribution in [2.75, 3.05) is 19.6 Å². The Bertz CT molecular complexity index is 1050. The number of hydrogen-bond acceptors (Lipinski definition) is 4. The number of rotatable bonds is 6. The van der Waals surface area contributed by atoms with Crippen molar-refractivity contribution in [3.05, 3.63) is 94.0 Å². The van der Waals surface area contributed by atoms with Crippen LogP contribution in [0, 0.1) is 0 Å². The number of carbonyl (C=O) groups is 1. The zero-order chi connectivity index (χ0) is 22.8. The van der Waals surface area contributed by atoms with Gasteiger partial charge in [-0.05, 0) is 47.5 Å². The minimum Gasteiger partial charge on any atom is -0.449 e. The van der Waals surface area contributed by atoms with E-state index in [1.54, 1.807) is 4.90 Å². The van der Waals surface area contributed by atoms with Crippen molar-refractivity contribution in [1.82, 2.24) is 10.2 Å². The Labute approximate surface area is 202 Å². The molecule has 2 aliphatic heterocycles. The zero-order valence-electron chi connectivity index (χ0n) is 17.6. The summed E-state index contributed by atoms with van der Waals surface area (Å²) in [6, 6.07) is 22.4. The van der Waals surface area contributed by atoms with Crippen molar-refractivity contribution < 1.29 is 19.0 Å². The maximum atomic E-state index is 12.5. The van der Waals surface area contributed by atoms with E-state index < -0.39 is 6.29 Å². The van der Waals surface area contributed by atoms with Crippen molar-refractivity contribution in [3.8, 4) is 11.5 Å². The molecule has 6 nitrogen and oxygen atoms in total. The van der Waals surface area contributed by atoms with E-state index in [0.29, 0.717) is 34.6 Å². The topological polar surface area (TPSA) is 60.0 Å². The summed E-state index contributed by atoms with van der Waals surface area (Å²) >= 11 is 12.1. The van der Waals surface area contributed by atoms with Crippen LogP contribution in [0.4, 0.5) is 4.79 Å². The Morgan fingerprint density at radius 2 is 1.42 bits per heavy atom. The van der Waals surface area contributed by atoms with Crippen LogP contribution in [-0.2, 0) is 4.74 Å². The number of benzene rings is 3. The van der Waals surface area contributed by atoms with Crippen LogP contribution in [-0.4, -0.2) is 43.0 Å². The number of urea groups is 1. The van der Waals surface area contributed by atoms with Gasteiger partial charge in [0.25, 0.3) is 6.29 Å². The third-order valence-electron chi connectivity index (χ3n) is 5.60. The van der Waals surface area contributed by atoms with Gasteiger partial charge in [0.15, 0.2) is 11.5 Å². The molecule has 1 N–H and O–H groups in total. The van der Waals surface area contributed by atoms with E-state index in [1.165, 1.54) is 0 Å². The van der Waals surface area contributed by atoms with E-state index in [4.69, 9.17) is 37.4 Å². The molecular formula is C25H22Cl2N2O4. The van der Waals surface area contributed by atoms with Crippen molar-refractivity contribution in [3.63, 3.8) is 0 Å². The van der Waals surface area contributed by atoms with Gasteiger partial charge in [-0.25, -0.2) is 4.79 Å². The van der Waals surface area contributed by atoms with E-state index in [1.807, 2.05) is 72.8 Å². The summed E-state index contributed by atoms with van der Waals surface area (Å²) in [7, 11) is 0. The van der Waals surface area contributed by atoms with E-state index >= 15 is 0 Å². The van der Waals surface area contributed by atoms with Gasteiger partial charge in [0.2, 0.25) is 0 Å². The van der Waals surface area contributed by atoms with Gasteiger partial charge in [0, 0.05) is 10.0 Å². The fourth-order valence-electron chi connectivity index (χ4n) is 3.83. The van der Waals surface area contributed by atoms with Crippen LogP contribution in [0.2, 0.25) is 10.0 Å². The summed E-state index contributed by atoms with van der Waals surface area (Å²) in [4.78, 5) is 14.2. The molecule has 0 atom stereocenters. The van der Waals surface area contributed by atoms with Crippen LogP contribution < -0.4 is 14.8 Å². The lowest BCUT2D eigenvalue weighted by molar-refractivity contribution is -0.0651. The van der Waals surface area contributed by atoms with Gasteiger partial charge in [0.1, 0.15) is 6.10 Å². The van der Waals surface area contributed by atoms with Gasteiger partial charge < -0.3 is 24.4 Å². The highest BCUT2D eigenvalue weighted by molar-refractivity contribution is 6.30. The molecule has 5 rings (SSSR count). The first-order chi connectivity index (χ1) is 16.0. The summed E-state index contributed by atoms with van der Waals surface area (Å²) in [5.41, 5.74) is 1.97. The molecule has 8 heteroatoms. The first-order valence-electron chi connectivity index (χ1n) is 10.7. The molecule has 2 aliphatic rings. The highest BCUT2D eigenvalue weighted by Gasteiger charge is 2.35. The molecule has 0 radical (unpaired) electrons. The number of hydrogen-bond donors (Lipinski definition) is 1. The number of carbonyl (C=O) groups excluding carboxylic acids is 1. The predicted octanol–water partition coefficient (Wildman–Crippen LogP) is 5.29. The number of para-hydroxylation sites is 2. The van der Waals surface area contributed by atoms with E-state index in [0.717, 1.165) is 11.1 Å². The number of fused-ring (bicyclic) bond motifs is 1. The largest absolute Gasteiger partial charge is 0.449 e. The summed E-state index contributed by atoms with van der Waals surface area (Å²) < 4.78 is 17.7. The Kier molecular flexibility index (Phi) is 6.31. The Balaban J connectivity index is 1.15. The third-order valence-corrected chi connectivity index (χ3v) is 6.10. The molecule has 0 bridgehead atoms. The Morgan fingerprint density at radius 1 is 0.909 bits per heavy atom. The summed E-state index contributed by atoms with van der Waals surface area (Å²) in [5, 5.41) is 4.19. The molecule has 2 amide bonds. The van der Waals surface area contributed by atoms with E-state index in [2.05, 4.69) is 5.32 Å². The SMILES string of the molecule is O=C(NCC1Oc2ccccc2O1)N1CC(OC(c2ccc(Cl)cc2)c2ccc(Cl)cc2)C1. The summed E-state index contributed by atoms with van der Waals surface area (Å²) in [5.74, 6) is 1.37. The fraction of sp³-hybridized carbons (Fsp3) is 0.240. The lowest BCUT2D eigenvalue weighted by Gasteiger charge is -2.40. The van der Waals surface area contributed by atoms with Crippen LogP contribution in [0.1, 0.15) is 17.2 Å². The van der Waals surface area contributed by atoms with Gasteiger partial charge in [-0.1, -0.05) is 59.6 Å². The van der Waals surface area contributed by atoms with Crippen LogP contribution >= 0.6 is 23.2 Å². The van der Waals surface area contributed by atoms with Crippen molar-refractivity contribution in [2.45, 2.75) is 18.5 Å². The normalized spacial score (nSPS) is 15.5. The molecule has 0 aromatic heterocycles. The van der Waals surface area contributed by atoms with Gasteiger partial charge in [-0.2, -0.15) is 0 Å². The summed E-state index contributed by atoms with van der Waals surface area (Å²) in [6.07, 6.45) is -0.900. The molecule has 3 aromatic carbocycles. The number of ether oxygens (including phenoxy) is 3. The minimum absolute atomic E-state index is 0.0876. The number of nitrogens with zero attached hydrogens (tertiary/aromatic N) is 1.